The van der Waals surface area contributed by atoms with Gasteiger partial charge in [0.1, 0.15) is 6.61 Å². The molecule has 0 saturated heterocycles. The quantitative estimate of drug-likeness (QED) is 0.596. The maximum Gasteiger partial charge on any atom is 0.464 e. The van der Waals surface area contributed by atoms with Gasteiger partial charge in [-0.05, 0) is 12.0 Å². The first-order valence-corrected chi connectivity index (χ1v) is 7.24. The average Bonchev–Trinajstić information content (AvgIpc) is 2.44. The van der Waals surface area contributed by atoms with Crippen LogP contribution in [0.5, 0.6) is 0 Å². The largest absolute Gasteiger partial charge is 0.464 e. The lowest BCUT2D eigenvalue weighted by molar-refractivity contribution is -0.237. The minimum atomic E-state index is -5.57. The Morgan fingerprint density at radius 3 is 2.36 bits per heavy atom. The van der Waals surface area contributed by atoms with Gasteiger partial charge >= 0.3 is 17.5 Å². The smallest absolute Gasteiger partial charge is 0.445 e. The van der Waals surface area contributed by atoms with Crippen molar-refractivity contribution >= 4 is 17.9 Å². The summed E-state index contributed by atoms with van der Waals surface area (Å²) >= 11 is -0.503. The van der Waals surface area contributed by atoms with E-state index in [1.54, 1.807) is 30.3 Å². The number of amides is 1. The topological polar surface area (TPSA) is 38.3 Å². The summed E-state index contributed by atoms with van der Waals surface area (Å²) in [5.74, 6) is -0.439. The molecule has 1 aromatic carbocycles. The van der Waals surface area contributed by atoms with E-state index < -0.39 is 35.0 Å². The zero-order valence-electron chi connectivity index (χ0n) is 11.3. The van der Waals surface area contributed by atoms with Gasteiger partial charge in [-0.1, -0.05) is 42.1 Å². The molecule has 1 N–H and O–H groups in total. The van der Waals surface area contributed by atoms with Gasteiger partial charge in [0, 0.05) is 12.3 Å². The Morgan fingerprint density at radius 2 is 1.77 bits per heavy atom. The van der Waals surface area contributed by atoms with Crippen molar-refractivity contribution < 1.29 is 31.5 Å². The number of nitrogens with one attached hydrogen (secondary N) is 1. The van der Waals surface area contributed by atoms with Crippen molar-refractivity contribution in [2.75, 3.05) is 12.3 Å². The van der Waals surface area contributed by atoms with Gasteiger partial charge in [0.2, 0.25) is 0 Å². The number of rotatable bonds is 7. The van der Waals surface area contributed by atoms with E-state index in [1.807, 2.05) is 0 Å². The van der Waals surface area contributed by atoms with E-state index in [0.29, 0.717) is 0 Å². The van der Waals surface area contributed by atoms with Crippen molar-refractivity contribution in [3.63, 3.8) is 0 Å². The number of carbonyl (C=O) groups is 1. The number of benzene rings is 1. The van der Waals surface area contributed by atoms with Crippen molar-refractivity contribution in [3.8, 4) is 0 Å². The summed E-state index contributed by atoms with van der Waals surface area (Å²) in [6, 6.07) is 8.85. The summed E-state index contributed by atoms with van der Waals surface area (Å²) < 4.78 is 65.6. The Balaban J connectivity index is 2.13. The van der Waals surface area contributed by atoms with E-state index in [2.05, 4.69) is 5.32 Å². The van der Waals surface area contributed by atoms with E-state index >= 15 is 0 Å². The van der Waals surface area contributed by atoms with Crippen molar-refractivity contribution in [1.29, 1.82) is 0 Å². The fraction of sp³-hybridized carbons (Fsp3) is 0.462. The number of alkyl carbamates (subject to hydrolysis) is 1. The molecule has 0 radical (unpaired) electrons. The van der Waals surface area contributed by atoms with E-state index in [-0.39, 0.29) is 19.6 Å². The number of alkyl halides is 5. The lowest BCUT2D eigenvalue weighted by Gasteiger charge is -2.18. The van der Waals surface area contributed by atoms with Crippen LogP contribution in [0.3, 0.4) is 0 Å². The van der Waals surface area contributed by atoms with Crippen LogP contribution in [-0.2, 0) is 11.3 Å². The summed E-state index contributed by atoms with van der Waals surface area (Å²) in [6.45, 7) is 0.00211. The Labute approximate surface area is 128 Å². The zero-order chi connectivity index (χ0) is 16.6. The van der Waals surface area contributed by atoms with Crippen LogP contribution in [0, 0.1) is 0 Å². The predicted octanol–water partition coefficient (Wildman–Crippen LogP) is 4.19. The third-order valence-corrected chi connectivity index (χ3v) is 3.50. The van der Waals surface area contributed by atoms with E-state index in [1.165, 1.54) is 0 Å². The maximum absolute atomic E-state index is 12.6. The highest BCUT2D eigenvalue weighted by molar-refractivity contribution is 8.00. The van der Waals surface area contributed by atoms with E-state index in [4.69, 9.17) is 4.74 Å². The molecule has 0 aliphatic carbocycles. The zero-order valence-corrected chi connectivity index (χ0v) is 12.1. The molecular weight excluding hydrogens is 329 g/mol. The van der Waals surface area contributed by atoms with Gasteiger partial charge in [-0.3, -0.25) is 0 Å². The Kier molecular flexibility index (Phi) is 6.92. The second-order valence-electron chi connectivity index (χ2n) is 4.21. The highest BCUT2D eigenvalue weighted by Gasteiger charge is 2.57. The normalized spacial score (nSPS) is 12.0. The highest BCUT2D eigenvalue weighted by Crippen LogP contribution is 2.44. The van der Waals surface area contributed by atoms with Crippen molar-refractivity contribution in [3.05, 3.63) is 35.9 Å². The lowest BCUT2D eigenvalue weighted by atomic mass is 10.2. The molecule has 1 aromatic rings. The van der Waals surface area contributed by atoms with Gasteiger partial charge in [0.15, 0.2) is 0 Å². The van der Waals surface area contributed by atoms with Crippen LogP contribution >= 0.6 is 11.8 Å². The summed E-state index contributed by atoms with van der Waals surface area (Å²) in [5.41, 5.74) is 0.776. The number of hydrogen-bond donors (Lipinski definition) is 1. The maximum atomic E-state index is 12.6. The molecule has 0 heterocycles. The number of ether oxygens (including phenoxy) is 1. The number of thioether (sulfide) groups is 1. The number of hydrogen-bond acceptors (Lipinski definition) is 3. The standard InChI is InChI=1S/C13H14F5NO2S/c14-12(15,16)13(17,18)22-8-4-7-19-11(20)21-9-10-5-2-1-3-6-10/h1-3,5-6H,4,7-9H2,(H,19,20). The van der Waals surface area contributed by atoms with Gasteiger partial charge in [-0.2, -0.15) is 22.0 Å². The molecule has 0 saturated carbocycles. The minimum Gasteiger partial charge on any atom is -0.445 e. The Morgan fingerprint density at radius 1 is 1.14 bits per heavy atom. The molecule has 124 valence electrons. The summed E-state index contributed by atoms with van der Waals surface area (Å²) in [6.07, 6.45) is -6.35. The first kappa shape index (κ1) is 18.5. The van der Waals surface area contributed by atoms with Gasteiger partial charge in [0.05, 0.1) is 0 Å². The van der Waals surface area contributed by atoms with Crippen molar-refractivity contribution in [2.45, 2.75) is 24.5 Å². The first-order chi connectivity index (χ1) is 10.2. The summed E-state index contributed by atoms with van der Waals surface area (Å²) in [4.78, 5) is 11.3. The summed E-state index contributed by atoms with van der Waals surface area (Å²) in [7, 11) is 0. The average molecular weight is 343 g/mol. The molecule has 0 aromatic heterocycles. The molecule has 0 aliphatic heterocycles. The second-order valence-corrected chi connectivity index (χ2v) is 5.41. The molecule has 9 heteroatoms. The fourth-order valence-electron chi connectivity index (χ4n) is 1.32. The van der Waals surface area contributed by atoms with Gasteiger partial charge in [-0.25, -0.2) is 4.79 Å². The SMILES string of the molecule is O=C(NCCCSC(F)(F)C(F)(F)F)OCc1ccccc1. The molecule has 0 bridgehead atoms. The predicted molar refractivity (Wildman–Crippen MR) is 72.7 cm³/mol. The molecular formula is C13H14F5NO2S. The monoisotopic (exact) mass is 343 g/mol. The molecule has 3 nitrogen and oxygen atoms in total. The van der Waals surface area contributed by atoms with Gasteiger partial charge in [-0.15, -0.1) is 0 Å². The molecule has 22 heavy (non-hydrogen) atoms. The lowest BCUT2D eigenvalue weighted by Crippen LogP contribution is -2.33. The van der Waals surface area contributed by atoms with E-state index in [9.17, 15) is 26.7 Å². The second kappa shape index (κ2) is 8.21. The first-order valence-electron chi connectivity index (χ1n) is 6.25. The van der Waals surface area contributed by atoms with Crippen LogP contribution < -0.4 is 5.32 Å². The molecule has 0 unspecified atom stereocenters. The molecule has 0 fully saturated rings. The van der Waals surface area contributed by atoms with Crippen molar-refractivity contribution in [1.82, 2.24) is 5.32 Å². The van der Waals surface area contributed by atoms with Crippen LogP contribution in [0.25, 0.3) is 0 Å². The van der Waals surface area contributed by atoms with Crippen LogP contribution in [-0.4, -0.2) is 29.8 Å². The van der Waals surface area contributed by atoms with E-state index in [0.717, 1.165) is 5.56 Å². The minimum absolute atomic E-state index is 0.0310. The van der Waals surface area contributed by atoms with Crippen LogP contribution in [0.1, 0.15) is 12.0 Å². The van der Waals surface area contributed by atoms with Crippen LogP contribution in [0.2, 0.25) is 0 Å². The van der Waals surface area contributed by atoms with Crippen molar-refractivity contribution in [2.24, 2.45) is 0 Å². The Hall–Kier alpha value is -1.51. The fourth-order valence-corrected chi connectivity index (χ4v) is 2.03. The molecule has 0 aliphatic rings. The summed E-state index contributed by atoms with van der Waals surface area (Å²) in [5, 5.41) is -2.50. The van der Waals surface area contributed by atoms with Gasteiger partial charge < -0.3 is 10.1 Å². The molecule has 0 atom stereocenters. The number of halogens is 5. The molecule has 0 spiro atoms. The van der Waals surface area contributed by atoms with Crippen LogP contribution in [0.15, 0.2) is 30.3 Å². The van der Waals surface area contributed by atoms with Crippen LogP contribution in [0.4, 0.5) is 26.7 Å². The molecule has 1 amide bonds. The van der Waals surface area contributed by atoms with Gasteiger partial charge in [0.25, 0.3) is 0 Å². The third kappa shape index (κ3) is 6.50. The number of carbonyl (C=O) groups excluding carboxylic acids is 1. The Bertz CT molecular complexity index is 467. The molecule has 1 rings (SSSR count). The third-order valence-electron chi connectivity index (χ3n) is 2.42. The highest BCUT2D eigenvalue weighted by atomic mass is 32.2.